The van der Waals surface area contributed by atoms with Crippen molar-refractivity contribution in [3.8, 4) is 0 Å². The lowest BCUT2D eigenvalue weighted by atomic mass is 9.86. The Labute approximate surface area is 134 Å². The summed E-state index contributed by atoms with van der Waals surface area (Å²) in [4.78, 5) is 24.4. The fraction of sp³-hybridized carbons (Fsp3) is 0.263. The Morgan fingerprint density at radius 1 is 0.818 bits per heavy atom. The van der Waals surface area contributed by atoms with Gasteiger partial charge in [0.2, 0.25) is 0 Å². The Morgan fingerprint density at radius 3 is 1.64 bits per heavy atom. The maximum atomic E-state index is 12.2. The molecule has 0 N–H and O–H groups in total. The van der Waals surface area contributed by atoms with Crippen molar-refractivity contribution in [2.45, 2.75) is 32.6 Å². The van der Waals surface area contributed by atoms with Gasteiger partial charge in [-0.25, -0.2) is 0 Å². The average molecular weight is 312 g/mol. The summed E-state index contributed by atoms with van der Waals surface area (Å²) in [7, 11) is 2.57. The van der Waals surface area contributed by atoms with Crippen molar-refractivity contribution < 1.29 is 9.59 Å². The highest BCUT2D eigenvalue weighted by molar-refractivity contribution is 7.27. The molecule has 0 bridgehead atoms. The third-order valence-corrected chi connectivity index (χ3v) is 4.01. The molecule has 0 saturated heterocycles. The predicted octanol–water partition coefficient (Wildman–Crippen LogP) is 3.94. The van der Waals surface area contributed by atoms with E-state index in [1.165, 1.54) is 5.56 Å². The van der Waals surface area contributed by atoms with Crippen molar-refractivity contribution in [1.82, 2.24) is 0 Å². The van der Waals surface area contributed by atoms with E-state index in [1.807, 2.05) is 36.4 Å². The second kappa shape index (κ2) is 6.54. The molecule has 1 unspecified atom stereocenters. The molecule has 2 nitrogen and oxygen atoms in total. The third kappa shape index (κ3) is 4.11. The number of rotatable bonds is 4. The number of hydrogen-bond acceptors (Lipinski definition) is 2. The van der Waals surface area contributed by atoms with Gasteiger partial charge < -0.3 is 0 Å². The summed E-state index contributed by atoms with van der Waals surface area (Å²) < 4.78 is 0. The topological polar surface area (TPSA) is 34.1 Å². The molecule has 3 heteroatoms. The Kier molecular flexibility index (Phi) is 4.93. The number of benzene rings is 2. The van der Waals surface area contributed by atoms with E-state index < -0.39 is 0 Å². The first-order valence-electron chi connectivity index (χ1n) is 7.30. The van der Waals surface area contributed by atoms with Gasteiger partial charge >= 0.3 is 0 Å². The van der Waals surface area contributed by atoms with Crippen molar-refractivity contribution >= 4 is 26.1 Å². The molecule has 0 aromatic heterocycles. The van der Waals surface area contributed by atoms with Gasteiger partial charge in [0.25, 0.3) is 0 Å². The largest absolute Gasteiger partial charge is 0.294 e. The van der Waals surface area contributed by atoms with Crippen LogP contribution in [0.5, 0.6) is 0 Å². The molecule has 114 valence electrons. The minimum absolute atomic E-state index is 0.0529. The number of hydrogen-bond donors (Lipinski definition) is 0. The molecule has 2 aromatic carbocycles. The lowest BCUT2D eigenvalue weighted by Gasteiger charge is -2.18. The number of carbonyl (C=O) groups is 2. The SMILES string of the molecule is CC(C)(C)c1ccc(C(=O)CC(=O)c2ccc(P)cc2)cc1. The van der Waals surface area contributed by atoms with Gasteiger partial charge in [-0.05, 0) is 16.3 Å². The fourth-order valence-corrected chi connectivity index (χ4v) is 2.37. The van der Waals surface area contributed by atoms with Gasteiger partial charge in [0.1, 0.15) is 0 Å². The zero-order chi connectivity index (χ0) is 16.3. The van der Waals surface area contributed by atoms with E-state index >= 15 is 0 Å². The van der Waals surface area contributed by atoms with Crippen LogP contribution in [0.3, 0.4) is 0 Å². The molecule has 0 saturated carbocycles. The summed E-state index contributed by atoms with van der Waals surface area (Å²) in [6.45, 7) is 6.38. The lowest BCUT2D eigenvalue weighted by molar-refractivity contribution is 0.0894. The van der Waals surface area contributed by atoms with Crippen LogP contribution in [-0.4, -0.2) is 11.6 Å². The molecule has 2 rings (SSSR count). The standard InChI is InChI=1S/C19H21O2P/c1-19(2,3)15-8-4-13(5-9-15)17(20)12-18(21)14-6-10-16(22)11-7-14/h4-11H,12,22H2,1-3H3. The van der Waals surface area contributed by atoms with Crippen LogP contribution in [0.2, 0.25) is 0 Å². The fourth-order valence-electron chi connectivity index (χ4n) is 2.18. The molecule has 0 heterocycles. The Hall–Kier alpha value is -1.79. The molecular weight excluding hydrogens is 291 g/mol. The molecular formula is C19H21O2P. The van der Waals surface area contributed by atoms with Gasteiger partial charge in [-0.3, -0.25) is 9.59 Å². The van der Waals surface area contributed by atoms with Crippen molar-refractivity contribution in [3.63, 3.8) is 0 Å². The molecule has 2 aromatic rings. The highest BCUT2D eigenvalue weighted by atomic mass is 31.0. The normalized spacial score (nSPS) is 11.3. The molecule has 0 aliphatic heterocycles. The monoisotopic (exact) mass is 312 g/mol. The van der Waals surface area contributed by atoms with Gasteiger partial charge in [0.15, 0.2) is 11.6 Å². The van der Waals surface area contributed by atoms with E-state index in [9.17, 15) is 9.59 Å². The maximum absolute atomic E-state index is 12.2. The lowest BCUT2D eigenvalue weighted by Crippen LogP contribution is -2.12. The van der Waals surface area contributed by atoms with Crippen LogP contribution < -0.4 is 5.30 Å². The van der Waals surface area contributed by atoms with Gasteiger partial charge in [0.05, 0.1) is 6.42 Å². The zero-order valence-electron chi connectivity index (χ0n) is 13.2. The molecule has 0 fully saturated rings. The minimum Gasteiger partial charge on any atom is -0.294 e. The Bertz CT molecular complexity index is 677. The van der Waals surface area contributed by atoms with E-state index in [1.54, 1.807) is 12.1 Å². The minimum atomic E-state index is -0.144. The summed E-state index contributed by atoms with van der Waals surface area (Å²) in [5.74, 6) is -0.282. The number of carbonyl (C=O) groups excluding carboxylic acids is 2. The van der Waals surface area contributed by atoms with Gasteiger partial charge in [-0.15, -0.1) is 9.24 Å². The van der Waals surface area contributed by atoms with E-state index in [-0.39, 0.29) is 23.4 Å². The quantitative estimate of drug-likeness (QED) is 0.487. The average Bonchev–Trinajstić information content (AvgIpc) is 2.47. The van der Waals surface area contributed by atoms with Gasteiger partial charge in [-0.1, -0.05) is 69.3 Å². The predicted molar refractivity (Wildman–Crippen MR) is 94.2 cm³/mol. The Balaban J connectivity index is 2.09. The smallest absolute Gasteiger partial charge is 0.170 e. The molecule has 0 aliphatic rings. The van der Waals surface area contributed by atoms with Crippen LogP contribution >= 0.6 is 9.24 Å². The summed E-state index contributed by atoms with van der Waals surface area (Å²) in [5.41, 5.74) is 2.39. The van der Waals surface area contributed by atoms with Crippen LogP contribution in [0.4, 0.5) is 0 Å². The first-order chi connectivity index (χ1) is 10.3. The first kappa shape index (κ1) is 16.6. The van der Waals surface area contributed by atoms with Crippen molar-refractivity contribution in [1.29, 1.82) is 0 Å². The molecule has 0 radical (unpaired) electrons. The highest BCUT2D eigenvalue weighted by Gasteiger charge is 2.16. The number of ketones is 2. The van der Waals surface area contributed by atoms with Gasteiger partial charge in [0, 0.05) is 11.1 Å². The van der Waals surface area contributed by atoms with Crippen LogP contribution in [-0.2, 0) is 5.41 Å². The summed E-state index contributed by atoms with van der Waals surface area (Å²) in [6, 6.07) is 14.7. The molecule has 0 amide bonds. The van der Waals surface area contributed by atoms with E-state index in [0.29, 0.717) is 11.1 Å². The van der Waals surface area contributed by atoms with Crippen LogP contribution in [0.1, 0.15) is 53.5 Å². The highest BCUT2D eigenvalue weighted by Crippen LogP contribution is 2.22. The summed E-state index contributed by atoms with van der Waals surface area (Å²) in [5, 5.41) is 1.01. The van der Waals surface area contributed by atoms with Crippen molar-refractivity contribution in [2.75, 3.05) is 0 Å². The van der Waals surface area contributed by atoms with Gasteiger partial charge in [-0.2, -0.15) is 0 Å². The van der Waals surface area contributed by atoms with Crippen LogP contribution in [0.25, 0.3) is 0 Å². The third-order valence-electron chi connectivity index (χ3n) is 3.63. The van der Waals surface area contributed by atoms with Crippen LogP contribution in [0.15, 0.2) is 48.5 Å². The number of Topliss-reactive ketones (excluding diaryl/α,β-unsaturated/α-hetero) is 2. The molecule has 22 heavy (non-hydrogen) atoms. The maximum Gasteiger partial charge on any atom is 0.170 e. The summed E-state index contributed by atoms with van der Waals surface area (Å²) >= 11 is 0. The molecule has 1 atom stereocenters. The van der Waals surface area contributed by atoms with Crippen molar-refractivity contribution in [2.24, 2.45) is 0 Å². The van der Waals surface area contributed by atoms with E-state index in [4.69, 9.17) is 0 Å². The second-order valence-electron chi connectivity index (χ2n) is 6.47. The second-order valence-corrected chi connectivity index (χ2v) is 7.14. The summed E-state index contributed by atoms with van der Waals surface area (Å²) in [6.07, 6.45) is -0.0922. The first-order valence-corrected chi connectivity index (χ1v) is 7.87. The van der Waals surface area contributed by atoms with E-state index in [2.05, 4.69) is 30.0 Å². The molecule has 0 spiro atoms. The Morgan fingerprint density at radius 2 is 1.23 bits per heavy atom. The molecule has 0 aliphatic carbocycles. The van der Waals surface area contributed by atoms with E-state index in [0.717, 1.165) is 5.30 Å². The van der Waals surface area contributed by atoms with Crippen molar-refractivity contribution in [3.05, 3.63) is 65.2 Å². The zero-order valence-corrected chi connectivity index (χ0v) is 14.4. The van der Waals surface area contributed by atoms with Crippen LogP contribution in [0, 0.1) is 0 Å².